The van der Waals surface area contributed by atoms with Gasteiger partial charge in [0.05, 0.1) is 6.20 Å². The van der Waals surface area contributed by atoms with Gasteiger partial charge in [-0.1, -0.05) is 0 Å². The molecule has 0 radical (unpaired) electrons. The van der Waals surface area contributed by atoms with Crippen LogP contribution in [-0.4, -0.2) is 43.5 Å². The first-order valence-corrected chi connectivity index (χ1v) is 7.27. The molecule has 1 saturated heterocycles. The lowest BCUT2D eigenvalue weighted by atomic mass is 9.92. The topological polar surface area (TPSA) is 99.2 Å². The van der Waals surface area contributed by atoms with Crippen LogP contribution in [0.5, 0.6) is 0 Å². The van der Waals surface area contributed by atoms with Crippen molar-refractivity contribution in [2.75, 3.05) is 19.8 Å². The van der Waals surface area contributed by atoms with Crippen molar-refractivity contribution in [1.82, 2.24) is 14.5 Å². The number of hydrogen-bond acceptors (Lipinski definition) is 5. The van der Waals surface area contributed by atoms with Gasteiger partial charge < -0.3 is 10.5 Å². The second kappa shape index (κ2) is 4.96. The van der Waals surface area contributed by atoms with Crippen molar-refractivity contribution in [3.8, 4) is 0 Å². The molecule has 102 valence electrons. The molecule has 0 aromatic carbocycles. The SMILES string of the molecule is Cn1nccc1S(=O)(=O)NC1(CN)CCOCC1. The van der Waals surface area contributed by atoms with E-state index in [9.17, 15) is 8.42 Å². The summed E-state index contributed by atoms with van der Waals surface area (Å²) in [6.07, 6.45) is 2.62. The summed E-state index contributed by atoms with van der Waals surface area (Å²) in [4.78, 5) is 0. The molecular weight excluding hydrogens is 256 g/mol. The third-order valence-electron chi connectivity index (χ3n) is 3.24. The Bertz CT molecular complexity index is 505. The molecule has 1 aromatic heterocycles. The molecule has 0 amide bonds. The molecule has 2 heterocycles. The minimum Gasteiger partial charge on any atom is -0.381 e. The second-order valence-corrected chi connectivity index (χ2v) is 6.12. The monoisotopic (exact) mass is 274 g/mol. The summed E-state index contributed by atoms with van der Waals surface area (Å²) in [6, 6.07) is 1.46. The Morgan fingerprint density at radius 2 is 2.22 bits per heavy atom. The molecule has 0 aliphatic carbocycles. The molecule has 18 heavy (non-hydrogen) atoms. The summed E-state index contributed by atoms with van der Waals surface area (Å²) in [6.45, 7) is 1.30. The summed E-state index contributed by atoms with van der Waals surface area (Å²) < 4.78 is 33.8. The number of ether oxygens (including phenoxy) is 1. The average molecular weight is 274 g/mol. The van der Waals surface area contributed by atoms with Crippen LogP contribution >= 0.6 is 0 Å². The van der Waals surface area contributed by atoms with Gasteiger partial charge in [0.25, 0.3) is 10.0 Å². The number of nitrogens with two attached hydrogens (primary N) is 1. The molecule has 1 fully saturated rings. The van der Waals surface area contributed by atoms with Crippen LogP contribution in [0.1, 0.15) is 12.8 Å². The Labute approximate surface area is 106 Å². The van der Waals surface area contributed by atoms with Crippen molar-refractivity contribution < 1.29 is 13.2 Å². The second-order valence-electron chi connectivity index (χ2n) is 4.50. The van der Waals surface area contributed by atoms with Crippen LogP contribution in [0.3, 0.4) is 0 Å². The summed E-state index contributed by atoms with van der Waals surface area (Å²) in [7, 11) is -2.01. The van der Waals surface area contributed by atoms with Crippen LogP contribution in [0.2, 0.25) is 0 Å². The minimum absolute atomic E-state index is 0.141. The molecular formula is C10H18N4O3S. The van der Waals surface area contributed by atoms with Crippen molar-refractivity contribution >= 4 is 10.0 Å². The minimum atomic E-state index is -3.60. The maximum absolute atomic E-state index is 12.3. The lowest BCUT2D eigenvalue weighted by Crippen LogP contribution is -2.56. The molecule has 0 bridgehead atoms. The Hall–Kier alpha value is -0.960. The maximum atomic E-state index is 12.3. The van der Waals surface area contributed by atoms with Gasteiger partial charge in [0, 0.05) is 32.3 Å². The highest BCUT2D eigenvalue weighted by Gasteiger charge is 2.36. The van der Waals surface area contributed by atoms with Crippen LogP contribution in [0.15, 0.2) is 17.3 Å². The molecule has 0 atom stereocenters. The lowest BCUT2D eigenvalue weighted by molar-refractivity contribution is 0.0501. The zero-order chi connectivity index (χ0) is 13.2. The van der Waals surface area contributed by atoms with E-state index in [1.54, 1.807) is 7.05 Å². The first kappa shape index (κ1) is 13.5. The van der Waals surface area contributed by atoms with Crippen molar-refractivity contribution in [2.24, 2.45) is 12.8 Å². The molecule has 7 nitrogen and oxygen atoms in total. The van der Waals surface area contributed by atoms with E-state index in [1.807, 2.05) is 0 Å². The van der Waals surface area contributed by atoms with Gasteiger partial charge >= 0.3 is 0 Å². The molecule has 0 unspecified atom stereocenters. The van der Waals surface area contributed by atoms with E-state index in [2.05, 4.69) is 9.82 Å². The lowest BCUT2D eigenvalue weighted by Gasteiger charge is -2.36. The highest BCUT2D eigenvalue weighted by atomic mass is 32.2. The van der Waals surface area contributed by atoms with Crippen LogP contribution in [0.25, 0.3) is 0 Å². The van der Waals surface area contributed by atoms with E-state index in [0.29, 0.717) is 26.1 Å². The number of rotatable bonds is 4. The third-order valence-corrected chi connectivity index (χ3v) is 4.90. The van der Waals surface area contributed by atoms with Crippen molar-refractivity contribution in [1.29, 1.82) is 0 Å². The van der Waals surface area contributed by atoms with Crippen molar-refractivity contribution in [3.63, 3.8) is 0 Å². The van der Waals surface area contributed by atoms with Crippen molar-refractivity contribution in [3.05, 3.63) is 12.3 Å². The summed E-state index contributed by atoms with van der Waals surface area (Å²) in [5.74, 6) is 0. The summed E-state index contributed by atoms with van der Waals surface area (Å²) in [5.41, 5.74) is 5.12. The zero-order valence-corrected chi connectivity index (χ0v) is 11.1. The van der Waals surface area contributed by atoms with Gasteiger partial charge in [0.15, 0.2) is 5.03 Å². The maximum Gasteiger partial charge on any atom is 0.258 e. The Kier molecular flexibility index (Phi) is 3.71. The largest absolute Gasteiger partial charge is 0.381 e. The zero-order valence-electron chi connectivity index (χ0n) is 10.3. The Balaban J connectivity index is 2.24. The molecule has 8 heteroatoms. The van der Waals surface area contributed by atoms with Crippen LogP contribution in [0.4, 0.5) is 0 Å². The van der Waals surface area contributed by atoms with Gasteiger partial charge in [-0.15, -0.1) is 0 Å². The predicted molar refractivity (Wildman–Crippen MR) is 65.4 cm³/mol. The van der Waals surface area contributed by atoms with E-state index >= 15 is 0 Å². The normalized spacial score (nSPS) is 19.9. The number of nitrogens with zero attached hydrogens (tertiary/aromatic N) is 2. The van der Waals surface area contributed by atoms with Crippen LogP contribution in [0, 0.1) is 0 Å². The average Bonchev–Trinajstić information content (AvgIpc) is 2.77. The van der Waals surface area contributed by atoms with E-state index < -0.39 is 15.6 Å². The van der Waals surface area contributed by atoms with Gasteiger partial charge in [0.1, 0.15) is 0 Å². The fourth-order valence-electron chi connectivity index (χ4n) is 2.07. The number of aromatic nitrogens is 2. The first-order chi connectivity index (χ1) is 8.49. The van der Waals surface area contributed by atoms with E-state index in [4.69, 9.17) is 10.5 Å². The molecule has 1 aliphatic rings. The highest BCUT2D eigenvalue weighted by Crippen LogP contribution is 2.22. The molecule has 2 rings (SSSR count). The smallest absolute Gasteiger partial charge is 0.258 e. The van der Waals surface area contributed by atoms with Gasteiger partial charge in [-0.3, -0.25) is 4.68 Å². The van der Waals surface area contributed by atoms with Gasteiger partial charge in [-0.2, -0.15) is 5.10 Å². The number of aryl methyl sites for hydroxylation is 1. The number of hydrogen-bond donors (Lipinski definition) is 2. The van der Waals surface area contributed by atoms with Gasteiger partial charge in [-0.25, -0.2) is 13.1 Å². The van der Waals surface area contributed by atoms with Crippen LogP contribution in [-0.2, 0) is 21.8 Å². The predicted octanol–water partition coefficient (Wildman–Crippen LogP) is -0.794. The number of nitrogens with one attached hydrogen (secondary N) is 1. The molecule has 0 saturated carbocycles. The molecule has 3 N–H and O–H groups in total. The first-order valence-electron chi connectivity index (χ1n) is 5.79. The van der Waals surface area contributed by atoms with E-state index in [-0.39, 0.29) is 11.6 Å². The molecule has 1 aromatic rings. The van der Waals surface area contributed by atoms with Gasteiger partial charge in [0.2, 0.25) is 0 Å². The highest BCUT2D eigenvalue weighted by molar-refractivity contribution is 7.89. The van der Waals surface area contributed by atoms with Crippen molar-refractivity contribution in [2.45, 2.75) is 23.4 Å². The molecule has 0 spiro atoms. The van der Waals surface area contributed by atoms with E-state index in [1.165, 1.54) is 16.9 Å². The number of sulfonamides is 1. The Morgan fingerprint density at radius 3 is 2.72 bits per heavy atom. The summed E-state index contributed by atoms with van der Waals surface area (Å²) >= 11 is 0. The summed E-state index contributed by atoms with van der Waals surface area (Å²) in [5, 5.41) is 4.01. The van der Waals surface area contributed by atoms with E-state index in [0.717, 1.165) is 0 Å². The molecule has 1 aliphatic heterocycles. The fraction of sp³-hybridized carbons (Fsp3) is 0.700. The fourth-order valence-corrected chi connectivity index (χ4v) is 3.67. The van der Waals surface area contributed by atoms with Crippen LogP contribution < -0.4 is 10.5 Å². The quantitative estimate of drug-likeness (QED) is 0.749. The Morgan fingerprint density at radius 1 is 1.56 bits per heavy atom. The third kappa shape index (κ3) is 2.56. The standard InChI is InChI=1S/C10H18N4O3S/c1-14-9(2-5-12-14)18(15,16)13-10(8-11)3-6-17-7-4-10/h2,5,13H,3-4,6-8,11H2,1H3. The van der Waals surface area contributed by atoms with Gasteiger partial charge in [-0.05, 0) is 18.9 Å².